The fraction of sp³-hybridized carbons (Fsp3) is 0.360. The van der Waals surface area contributed by atoms with Gasteiger partial charge in [0.1, 0.15) is 0 Å². The second-order valence-corrected chi connectivity index (χ2v) is 20.8. The van der Waals surface area contributed by atoms with E-state index >= 15 is 0 Å². The minimum atomic E-state index is -5.04. The smallest absolute Gasteiger partial charge is 0.369 e. The zero-order valence-electron chi connectivity index (χ0n) is 36.3. The second kappa shape index (κ2) is 15.7. The molecular formula is C50H57NO6S2. The van der Waals surface area contributed by atoms with Crippen LogP contribution in [0.25, 0.3) is 54.9 Å². The monoisotopic (exact) mass is 831 g/mol. The van der Waals surface area contributed by atoms with Gasteiger partial charge in [0.25, 0.3) is 0 Å². The standard InChI is InChI=1S/C50H57NO6S2/c1-27(2)35-23-39(29(5)6)45(40(24-35)30(7)8)43-21-33-17-13-15-19-37(33)47-48-38-20-16-14-18-34(38)22-44(50(48)57-59(54,55)51-58(52,53)56-49(43)47)46-41(31(9)10)25-36(28(3)4)26-42(46)32(11)12/h13-32,51H,1-12H3. The van der Waals surface area contributed by atoms with Crippen molar-refractivity contribution in [2.45, 2.75) is 119 Å². The van der Waals surface area contributed by atoms with Crippen molar-refractivity contribution < 1.29 is 25.2 Å². The molecule has 7 rings (SSSR count). The lowest BCUT2D eigenvalue weighted by Crippen LogP contribution is -2.36. The molecule has 0 amide bonds. The predicted octanol–water partition coefficient (Wildman–Crippen LogP) is 13.6. The molecule has 59 heavy (non-hydrogen) atoms. The molecule has 9 heteroatoms. The van der Waals surface area contributed by atoms with Crippen LogP contribution in [-0.2, 0) is 20.6 Å². The normalized spacial score (nSPS) is 15.1. The Labute approximate surface area is 351 Å². The van der Waals surface area contributed by atoms with Crippen molar-refractivity contribution in [3.8, 4) is 44.9 Å². The third kappa shape index (κ3) is 7.89. The molecule has 0 radical (unpaired) electrons. The lowest BCUT2D eigenvalue weighted by atomic mass is 9.78. The van der Waals surface area contributed by atoms with Gasteiger partial charge in [-0.2, -0.15) is 16.8 Å². The summed E-state index contributed by atoms with van der Waals surface area (Å²) in [6, 6.07) is 28.5. The van der Waals surface area contributed by atoms with Crippen molar-refractivity contribution in [3.05, 3.63) is 118 Å². The van der Waals surface area contributed by atoms with Gasteiger partial charge < -0.3 is 8.37 Å². The van der Waals surface area contributed by atoms with E-state index in [1.807, 2.05) is 64.8 Å². The van der Waals surface area contributed by atoms with Gasteiger partial charge in [-0.15, -0.1) is 0 Å². The molecule has 0 atom stereocenters. The summed E-state index contributed by atoms with van der Waals surface area (Å²) in [5.41, 5.74) is 10.3. The van der Waals surface area contributed by atoms with Gasteiger partial charge in [0.2, 0.25) is 0 Å². The van der Waals surface area contributed by atoms with Gasteiger partial charge >= 0.3 is 20.6 Å². The average Bonchev–Trinajstić information content (AvgIpc) is 3.19. The molecule has 0 aliphatic carbocycles. The Morgan fingerprint density at radius 3 is 1.00 bits per heavy atom. The SMILES string of the molecule is CC(C)c1cc(C(C)C)c(-c2cc3ccccc3c3c2OS(=O)(=O)NS(=O)(=O)Oc2c(-c4c(C(C)C)cc(C(C)C)cc4C(C)C)cc4ccccc4c2-3)c(C(C)C)c1. The van der Waals surface area contributed by atoms with E-state index in [-0.39, 0.29) is 47.0 Å². The van der Waals surface area contributed by atoms with Crippen LogP contribution in [0, 0.1) is 0 Å². The molecular weight excluding hydrogens is 775 g/mol. The lowest BCUT2D eigenvalue weighted by molar-refractivity contribution is 0.465. The summed E-state index contributed by atoms with van der Waals surface area (Å²) in [6.07, 6.45) is 0. The molecule has 0 saturated carbocycles. The Balaban J connectivity index is 1.79. The van der Waals surface area contributed by atoms with Crippen LogP contribution in [0.5, 0.6) is 11.5 Å². The highest BCUT2D eigenvalue weighted by atomic mass is 32.3. The number of hydrogen-bond acceptors (Lipinski definition) is 6. The van der Waals surface area contributed by atoms with Crippen molar-refractivity contribution in [3.63, 3.8) is 0 Å². The number of nitrogens with one attached hydrogen (secondary N) is 1. The Bertz CT molecular complexity index is 2600. The summed E-state index contributed by atoms with van der Waals surface area (Å²) in [5.74, 6) is 0.772. The highest BCUT2D eigenvalue weighted by Gasteiger charge is 2.37. The molecule has 310 valence electrons. The summed E-state index contributed by atoms with van der Waals surface area (Å²) in [5, 5.41) is 3.05. The van der Waals surface area contributed by atoms with Crippen molar-refractivity contribution in [2.24, 2.45) is 0 Å². The van der Waals surface area contributed by atoms with Crippen LogP contribution in [0.15, 0.2) is 84.9 Å². The molecule has 1 N–H and O–H groups in total. The molecule has 6 aromatic carbocycles. The Kier molecular flexibility index (Phi) is 11.3. The molecule has 1 aliphatic heterocycles. The molecule has 0 bridgehead atoms. The first-order chi connectivity index (χ1) is 27.7. The maximum atomic E-state index is 14.2. The van der Waals surface area contributed by atoms with Crippen LogP contribution in [-0.4, -0.2) is 16.8 Å². The summed E-state index contributed by atoms with van der Waals surface area (Å²) < 4.78 is 71.1. The van der Waals surface area contributed by atoms with Gasteiger partial charge in [-0.3, -0.25) is 0 Å². The number of benzene rings is 6. The molecule has 0 aromatic heterocycles. The van der Waals surface area contributed by atoms with E-state index in [2.05, 4.69) is 107 Å². The first-order valence-electron chi connectivity index (χ1n) is 20.8. The first kappa shape index (κ1) is 42.4. The highest BCUT2D eigenvalue weighted by molar-refractivity contribution is 8.00. The molecule has 1 aliphatic rings. The minimum absolute atomic E-state index is 0.0323. The lowest BCUT2D eigenvalue weighted by Gasteiger charge is -2.27. The topological polar surface area (TPSA) is 98.8 Å². The van der Waals surface area contributed by atoms with E-state index in [0.717, 1.165) is 44.2 Å². The number of rotatable bonds is 8. The zero-order valence-corrected chi connectivity index (χ0v) is 37.9. The van der Waals surface area contributed by atoms with E-state index in [9.17, 15) is 16.8 Å². The Morgan fingerprint density at radius 2 is 0.712 bits per heavy atom. The van der Waals surface area contributed by atoms with Crippen LogP contribution in [0.2, 0.25) is 0 Å². The van der Waals surface area contributed by atoms with Crippen molar-refractivity contribution in [1.29, 1.82) is 0 Å². The predicted molar refractivity (Wildman–Crippen MR) is 245 cm³/mol. The van der Waals surface area contributed by atoms with E-state index in [0.29, 0.717) is 33.0 Å². The Morgan fingerprint density at radius 1 is 0.407 bits per heavy atom. The fourth-order valence-corrected chi connectivity index (χ4v) is 10.7. The summed E-state index contributed by atoms with van der Waals surface area (Å²) in [7, 11) is -10.1. The van der Waals surface area contributed by atoms with E-state index < -0.39 is 20.6 Å². The number of fused-ring (bicyclic) bond motifs is 7. The van der Waals surface area contributed by atoms with Crippen LogP contribution in [0.3, 0.4) is 0 Å². The van der Waals surface area contributed by atoms with Gasteiger partial charge in [0.15, 0.2) is 11.5 Å². The maximum Gasteiger partial charge on any atom is 0.398 e. The fourth-order valence-electron chi connectivity index (χ4n) is 8.61. The molecule has 6 aromatic rings. The summed E-state index contributed by atoms with van der Waals surface area (Å²) in [4.78, 5) is 0. The summed E-state index contributed by atoms with van der Waals surface area (Å²) in [6.45, 7) is 25.8. The highest BCUT2D eigenvalue weighted by Crippen LogP contribution is 2.56. The third-order valence-corrected chi connectivity index (χ3v) is 14.1. The molecule has 0 saturated heterocycles. The summed E-state index contributed by atoms with van der Waals surface area (Å²) >= 11 is 0. The Hall–Kier alpha value is -4.70. The molecule has 0 unspecified atom stereocenters. The minimum Gasteiger partial charge on any atom is -0.369 e. The van der Waals surface area contributed by atoms with E-state index in [1.165, 1.54) is 11.1 Å². The van der Waals surface area contributed by atoms with E-state index in [4.69, 9.17) is 8.37 Å². The van der Waals surface area contributed by atoms with Crippen LogP contribution in [0.4, 0.5) is 0 Å². The van der Waals surface area contributed by atoms with Gasteiger partial charge in [0, 0.05) is 22.3 Å². The molecule has 0 spiro atoms. The number of hydrogen-bond donors (Lipinski definition) is 1. The zero-order chi connectivity index (χ0) is 42.9. The van der Waals surface area contributed by atoms with Crippen molar-refractivity contribution in [1.82, 2.24) is 4.13 Å². The quantitative estimate of drug-likeness (QED) is 0.164. The largest absolute Gasteiger partial charge is 0.398 e. The van der Waals surface area contributed by atoms with Gasteiger partial charge in [-0.25, -0.2) is 0 Å². The van der Waals surface area contributed by atoms with Gasteiger partial charge in [-0.1, -0.05) is 156 Å². The average molecular weight is 832 g/mol. The molecule has 0 fully saturated rings. The van der Waals surface area contributed by atoms with Crippen molar-refractivity contribution >= 4 is 42.2 Å². The first-order valence-corrected chi connectivity index (χ1v) is 23.7. The molecule has 7 nitrogen and oxygen atoms in total. The van der Waals surface area contributed by atoms with Gasteiger partial charge in [-0.05, 0) is 118 Å². The van der Waals surface area contributed by atoms with Gasteiger partial charge in [0.05, 0.1) is 0 Å². The second-order valence-electron chi connectivity index (χ2n) is 17.9. The van der Waals surface area contributed by atoms with Crippen LogP contribution < -0.4 is 12.5 Å². The van der Waals surface area contributed by atoms with Crippen LogP contribution in [0.1, 0.15) is 152 Å². The van der Waals surface area contributed by atoms with Crippen molar-refractivity contribution in [2.75, 3.05) is 0 Å². The third-order valence-electron chi connectivity index (χ3n) is 11.6. The maximum absolute atomic E-state index is 14.2. The molecule has 1 heterocycles. The van der Waals surface area contributed by atoms with Crippen LogP contribution >= 0.6 is 0 Å². The van der Waals surface area contributed by atoms with E-state index in [1.54, 1.807) is 0 Å².